The van der Waals surface area contributed by atoms with Crippen molar-refractivity contribution in [3.8, 4) is 0 Å². The molecule has 2 aromatic carbocycles. The van der Waals surface area contributed by atoms with Gasteiger partial charge in [-0.05, 0) is 50.1 Å². The molecule has 1 heterocycles. The van der Waals surface area contributed by atoms with E-state index in [2.05, 4.69) is 5.32 Å². The van der Waals surface area contributed by atoms with Gasteiger partial charge in [0.2, 0.25) is 21.8 Å². The van der Waals surface area contributed by atoms with E-state index in [1.807, 2.05) is 26.0 Å². The monoisotopic (exact) mass is 447 g/mol. The number of sulfonamides is 1. The number of halogens is 1. The number of carbonyl (C=O) groups is 2. The zero-order valence-electron chi connectivity index (χ0n) is 18.0. The maximum Gasteiger partial charge on any atom is 0.247 e. The Morgan fingerprint density at radius 2 is 1.81 bits per heavy atom. The van der Waals surface area contributed by atoms with E-state index in [9.17, 15) is 22.4 Å². The molecule has 1 fully saturated rings. The van der Waals surface area contributed by atoms with E-state index in [0.29, 0.717) is 11.3 Å². The summed E-state index contributed by atoms with van der Waals surface area (Å²) in [6.45, 7) is 4.92. The third-order valence-corrected chi connectivity index (χ3v) is 6.65. The summed E-state index contributed by atoms with van der Waals surface area (Å²) in [4.78, 5) is 27.9. The maximum atomic E-state index is 13.3. The molecule has 0 radical (unpaired) electrons. The fourth-order valence-corrected chi connectivity index (χ4v) is 4.64. The molecule has 0 unspecified atom stereocenters. The van der Waals surface area contributed by atoms with Gasteiger partial charge in [0.05, 0.1) is 12.8 Å². The topological polar surface area (TPSA) is 86.8 Å². The zero-order valence-corrected chi connectivity index (χ0v) is 18.8. The molecule has 1 aliphatic heterocycles. The Balaban J connectivity index is 1.98. The van der Waals surface area contributed by atoms with Gasteiger partial charge in [-0.2, -0.15) is 4.31 Å². The molecule has 1 aliphatic rings. The van der Waals surface area contributed by atoms with Crippen LogP contribution >= 0.6 is 0 Å². The van der Waals surface area contributed by atoms with Gasteiger partial charge in [-0.25, -0.2) is 12.8 Å². The first kappa shape index (κ1) is 22.9. The predicted octanol–water partition coefficient (Wildman–Crippen LogP) is 2.13. The zero-order chi connectivity index (χ0) is 23.0. The Labute approximate surface area is 181 Å². The molecular weight excluding hydrogens is 421 g/mol. The average Bonchev–Trinajstić information content (AvgIpc) is 2.67. The lowest BCUT2D eigenvalue weighted by molar-refractivity contribution is -0.133. The number of nitrogens with zero attached hydrogens (tertiary/aromatic N) is 2. The second-order valence-corrected chi connectivity index (χ2v) is 10.1. The largest absolute Gasteiger partial charge is 0.350 e. The molecule has 1 atom stereocenters. The Kier molecular flexibility index (Phi) is 6.20. The number of amides is 2. The molecule has 9 heteroatoms. The number of anilines is 1. The molecule has 2 aromatic rings. The van der Waals surface area contributed by atoms with Gasteiger partial charge in [-0.1, -0.05) is 29.8 Å². The lowest BCUT2D eigenvalue weighted by Gasteiger charge is -2.47. The Bertz CT molecular complexity index is 1120. The molecule has 0 spiro atoms. The molecule has 31 heavy (non-hydrogen) atoms. The van der Waals surface area contributed by atoms with E-state index in [1.54, 1.807) is 25.1 Å². The number of hydrogen-bond donors (Lipinski definition) is 1. The molecule has 0 saturated carbocycles. The summed E-state index contributed by atoms with van der Waals surface area (Å²) in [5, 5.41) is 2.78. The second-order valence-electron chi connectivity index (χ2n) is 8.13. The first-order valence-corrected chi connectivity index (χ1v) is 11.6. The number of piperazine rings is 1. The Hall–Kier alpha value is -2.78. The highest BCUT2D eigenvalue weighted by molar-refractivity contribution is 7.88. The van der Waals surface area contributed by atoms with E-state index >= 15 is 0 Å². The number of benzene rings is 2. The number of carbonyl (C=O) groups excluding carboxylic acids is 2. The van der Waals surface area contributed by atoms with E-state index in [4.69, 9.17) is 0 Å². The van der Waals surface area contributed by atoms with Crippen LogP contribution in [0.4, 0.5) is 10.1 Å². The van der Waals surface area contributed by atoms with Crippen molar-refractivity contribution in [2.24, 2.45) is 0 Å². The van der Waals surface area contributed by atoms with Crippen LogP contribution in [0, 0.1) is 19.7 Å². The summed E-state index contributed by atoms with van der Waals surface area (Å²) >= 11 is 0. The van der Waals surface area contributed by atoms with Gasteiger partial charge in [0, 0.05) is 18.8 Å². The molecule has 0 aliphatic carbocycles. The highest BCUT2D eigenvalue weighted by atomic mass is 32.2. The minimum absolute atomic E-state index is 0.114. The van der Waals surface area contributed by atoms with Crippen LogP contribution < -0.4 is 10.2 Å². The van der Waals surface area contributed by atoms with Crippen molar-refractivity contribution in [3.05, 3.63) is 65.0 Å². The normalized spacial score (nSPS) is 20.0. The number of hydrogen-bond acceptors (Lipinski definition) is 4. The Morgan fingerprint density at radius 3 is 2.39 bits per heavy atom. The molecule has 1 saturated heterocycles. The number of rotatable bonds is 5. The first-order chi connectivity index (χ1) is 14.4. The summed E-state index contributed by atoms with van der Waals surface area (Å²) in [7, 11) is -3.69. The fourth-order valence-electron chi connectivity index (χ4n) is 3.81. The van der Waals surface area contributed by atoms with Gasteiger partial charge in [0.25, 0.3) is 0 Å². The summed E-state index contributed by atoms with van der Waals surface area (Å²) in [5.74, 6) is -1.37. The van der Waals surface area contributed by atoms with Crippen LogP contribution in [-0.4, -0.2) is 49.4 Å². The minimum atomic E-state index is -3.69. The van der Waals surface area contributed by atoms with Crippen LogP contribution in [0.3, 0.4) is 0 Å². The average molecular weight is 448 g/mol. The van der Waals surface area contributed by atoms with Crippen LogP contribution in [0.1, 0.15) is 23.6 Å². The third kappa shape index (κ3) is 4.77. The van der Waals surface area contributed by atoms with E-state index in [0.717, 1.165) is 21.7 Å². The van der Waals surface area contributed by atoms with Crippen LogP contribution in [0.2, 0.25) is 0 Å². The summed E-state index contributed by atoms with van der Waals surface area (Å²) in [5.41, 5.74) is 1.57. The highest BCUT2D eigenvalue weighted by Crippen LogP contribution is 2.33. The fraction of sp³-hybridized carbons (Fsp3) is 0.364. The molecule has 2 amide bonds. The molecule has 7 nitrogen and oxygen atoms in total. The van der Waals surface area contributed by atoms with Gasteiger partial charge < -0.3 is 5.32 Å². The van der Waals surface area contributed by atoms with Crippen LogP contribution in [0.25, 0.3) is 0 Å². The minimum Gasteiger partial charge on any atom is -0.350 e. The van der Waals surface area contributed by atoms with Crippen molar-refractivity contribution >= 4 is 27.5 Å². The van der Waals surface area contributed by atoms with E-state index < -0.39 is 27.4 Å². The SMILES string of the molecule is Cc1ccc(N2C(=O)CN(S(C)(=O)=O)C[C@@]2(C)C(=O)NCc2ccc(F)cc2)c(C)c1. The van der Waals surface area contributed by atoms with Crippen molar-refractivity contribution in [1.29, 1.82) is 0 Å². The highest BCUT2D eigenvalue weighted by Gasteiger charge is 2.50. The van der Waals surface area contributed by atoms with Crippen LogP contribution in [0.15, 0.2) is 42.5 Å². The van der Waals surface area contributed by atoms with Gasteiger partial charge in [-0.3, -0.25) is 14.5 Å². The maximum absolute atomic E-state index is 13.3. The summed E-state index contributed by atoms with van der Waals surface area (Å²) in [6, 6.07) is 11.2. The molecule has 0 bridgehead atoms. The molecule has 166 valence electrons. The van der Waals surface area contributed by atoms with Gasteiger partial charge in [0.1, 0.15) is 11.4 Å². The van der Waals surface area contributed by atoms with Crippen LogP contribution in [-0.2, 0) is 26.2 Å². The van der Waals surface area contributed by atoms with Crippen molar-refractivity contribution in [3.63, 3.8) is 0 Å². The van der Waals surface area contributed by atoms with E-state index in [-0.39, 0.29) is 25.5 Å². The standard InChI is InChI=1S/C22H26FN3O4S/c1-15-5-10-19(16(2)11-15)26-20(27)13-25(31(4,29)30)14-22(26,3)21(28)24-12-17-6-8-18(23)9-7-17/h5-11H,12-14H2,1-4H3,(H,24,28)/t22-/m0/s1. The lowest BCUT2D eigenvalue weighted by Crippen LogP contribution is -2.70. The molecule has 1 N–H and O–H groups in total. The number of nitrogens with one attached hydrogen (secondary N) is 1. The molecular formula is C22H26FN3O4S. The second kappa shape index (κ2) is 8.39. The smallest absolute Gasteiger partial charge is 0.247 e. The summed E-state index contributed by atoms with van der Waals surface area (Å²) in [6.07, 6.45) is 1.02. The van der Waals surface area contributed by atoms with Crippen LogP contribution in [0.5, 0.6) is 0 Å². The van der Waals surface area contributed by atoms with Gasteiger partial charge >= 0.3 is 0 Å². The third-order valence-electron chi connectivity index (χ3n) is 5.46. The quantitative estimate of drug-likeness (QED) is 0.761. The van der Waals surface area contributed by atoms with Gasteiger partial charge in [-0.15, -0.1) is 0 Å². The first-order valence-electron chi connectivity index (χ1n) is 9.80. The lowest BCUT2D eigenvalue weighted by atomic mass is 9.93. The predicted molar refractivity (Wildman–Crippen MR) is 116 cm³/mol. The van der Waals surface area contributed by atoms with Crippen molar-refractivity contribution in [2.45, 2.75) is 32.9 Å². The van der Waals surface area contributed by atoms with Crippen molar-refractivity contribution in [1.82, 2.24) is 9.62 Å². The molecule has 3 rings (SSSR count). The Morgan fingerprint density at radius 1 is 1.16 bits per heavy atom. The van der Waals surface area contributed by atoms with Crippen molar-refractivity contribution < 1.29 is 22.4 Å². The van der Waals surface area contributed by atoms with Gasteiger partial charge in [0.15, 0.2) is 0 Å². The summed E-state index contributed by atoms with van der Waals surface area (Å²) < 4.78 is 38.6. The molecule has 0 aromatic heterocycles. The van der Waals surface area contributed by atoms with Crippen molar-refractivity contribution in [2.75, 3.05) is 24.2 Å². The number of aryl methyl sites for hydroxylation is 2. The van der Waals surface area contributed by atoms with E-state index in [1.165, 1.54) is 17.0 Å².